The summed E-state index contributed by atoms with van der Waals surface area (Å²) in [5.74, 6) is 0.00855. The minimum absolute atomic E-state index is 0.0575. The molecule has 0 aromatic heterocycles. The molecule has 0 bridgehead atoms. The number of rotatable bonds is 9. The predicted molar refractivity (Wildman–Crippen MR) is 123 cm³/mol. The van der Waals surface area contributed by atoms with Gasteiger partial charge in [-0.1, -0.05) is 50.2 Å². The highest BCUT2D eigenvalue weighted by Gasteiger charge is 2.27. The van der Waals surface area contributed by atoms with Gasteiger partial charge in [-0.25, -0.2) is 0 Å². The van der Waals surface area contributed by atoms with Gasteiger partial charge in [-0.3, -0.25) is 19.8 Å². The highest BCUT2D eigenvalue weighted by molar-refractivity contribution is 5.79. The predicted octanol–water partition coefficient (Wildman–Crippen LogP) is 3.97. The number of nitrogens with one attached hydrogen (secondary N) is 1. The maximum Gasteiger partial charge on any atom is 0.292 e. The summed E-state index contributed by atoms with van der Waals surface area (Å²) >= 11 is 0. The minimum atomic E-state index is -0.345. The molecule has 3 rings (SSSR count). The summed E-state index contributed by atoms with van der Waals surface area (Å²) < 4.78 is 0. The van der Waals surface area contributed by atoms with Crippen LogP contribution >= 0.6 is 0 Å². The Labute approximate surface area is 184 Å². The van der Waals surface area contributed by atoms with Gasteiger partial charge in [-0.05, 0) is 43.1 Å². The van der Waals surface area contributed by atoms with E-state index in [9.17, 15) is 14.9 Å². The van der Waals surface area contributed by atoms with E-state index < -0.39 is 0 Å². The van der Waals surface area contributed by atoms with E-state index in [2.05, 4.69) is 36.2 Å². The van der Waals surface area contributed by atoms with E-state index in [-0.39, 0.29) is 22.4 Å². The molecule has 166 valence electrons. The van der Waals surface area contributed by atoms with Crippen molar-refractivity contribution in [2.45, 2.75) is 39.8 Å². The van der Waals surface area contributed by atoms with Gasteiger partial charge < -0.3 is 10.2 Å². The number of anilines is 1. The number of piperidine rings is 1. The number of nitro benzene ring substituents is 1. The lowest BCUT2D eigenvalue weighted by Gasteiger charge is -2.32. The Balaban J connectivity index is 1.51. The molecule has 0 aliphatic carbocycles. The molecule has 1 heterocycles. The van der Waals surface area contributed by atoms with E-state index in [4.69, 9.17) is 0 Å². The van der Waals surface area contributed by atoms with Crippen LogP contribution in [-0.2, 0) is 17.9 Å². The Hall–Kier alpha value is -2.93. The van der Waals surface area contributed by atoms with Gasteiger partial charge in [0.15, 0.2) is 0 Å². The van der Waals surface area contributed by atoms with Gasteiger partial charge in [0.1, 0.15) is 5.69 Å². The number of hydrogen-bond donors (Lipinski definition) is 1. The molecule has 1 saturated heterocycles. The summed E-state index contributed by atoms with van der Waals surface area (Å²) in [6.45, 7) is 9.08. The van der Waals surface area contributed by atoms with E-state index in [0.29, 0.717) is 38.2 Å². The molecule has 7 nitrogen and oxygen atoms in total. The first-order valence-corrected chi connectivity index (χ1v) is 11.1. The molecule has 0 radical (unpaired) electrons. The van der Waals surface area contributed by atoms with E-state index in [0.717, 1.165) is 25.2 Å². The maximum atomic E-state index is 12.7. The highest BCUT2D eigenvalue weighted by atomic mass is 16.6. The first kappa shape index (κ1) is 22.7. The second kappa shape index (κ2) is 10.9. The van der Waals surface area contributed by atoms with E-state index in [1.54, 1.807) is 12.1 Å². The summed E-state index contributed by atoms with van der Waals surface area (Å²) in [5, 5.41) is 14.4. The van der Waals surface area contributed by atoms with Crippen LogP contribution in [0.15, 0.2) is 48.5 Å². The van der Waals surface area contributed by atoms with Crippen molar-refractivity contribution in [1.29, 1.82) is 0 Å². The van der Waals surface area contributed by atoms with Crippen LogP contribution in [0.5, 0.6) is 0 Å². The Morgan fingerprint density at radius 2 is 1.77 bits per heavy atom. The van der Waals surface area contributed by atoms with Gasteiger partial charge >= 0.3 is 0 Å². The summed E-state index contributed by atoms with van der Waals surface area (Å²) in [5.41, 5.74) is 3.12. The van der Waals surface area contributed by atoms with Gasteiger partial charge in [0.2, 0.25) is 5.91 Å². The second-order valence-corrected chi connectivity index (χ2v) is 8.01. The number of para-hydroxylation sites is 2. The van der Waals surface area contributed by atoms with Crippen LogP contribution in [0.2, 0.25) is 0 Å². The number of benzene rings is 2. The first-order valence-electron chi connectivity index (χ1n) is 11.1. The van der Waals surface area contributed by atoms with Crippen molar-refractivity contribution in [1.82, 2.24) is 10.2 Å². The van der Waals surface area contributed by atoms with Gasteiger partial charge in [0.25, 0.3) is 5.69 Å². The molecule has 31 heavy (non-hydrogen) atoms. The van der Waals surface area contributed by atoms with Crippen molar-refractivity contribution < 1.29 is 9.72 Å². The van der Waals surface area contributed by atoms with Crippen LogP contribution in [0.3, 0.4) is 0 Å². The number of amides is 1. The van der Waals surface area contributed by atoms with Crippen LogP contribution in [0, 0.1) is 16.0 Å². The van der Waals surface area contributed by atoms with Crippen LogP contribution in [0.25, 0.3) is 0 Å². The van der Waals surface area contributed by atoms with Crippen molar-refractivity contribution in [3.8, 4) is 0 Å². The van der Waals surface area contributed by atoms with Crippen LogP contribution in [0.1, 0.15) is 37.8 Å². The number of carbonyl (C=O) groups is 1. The maximum absolute atomic E-state index is 12.7. The third-order valence-corrected chi connectivity index (χ3v) is 6.04. The molecule has 1 N–H and O–H groups in total. The summed E-state index contributed by atoms with van der Waals surface area (Å²) in [7, 11) is 0. The Kier molecular flexibility index (Phi) is 8.00. The molecule has 1 aliphatic rings. The van der Waals surface area contributed by atoms with E-state index in [1.165, 1.54) is 11.6 Å². The first-order chi connectivity index (χ1) is 15.0. The zero-order valence-corrected chi connectivity index (χ0v) is 18.4. The topological polar surface area (TPSA) is 78.7 Å². The molecular weight excluding hydrogens is 392 g/mol. The summed E-state index contributed by atoms with van der Waals surface area (Å²) in [6.07, 6.45) is 1.39. The van der Waals surface area contributed by atoms with E-state index >= 15 is 0 Å². The molecule has 1 aliphatic heterocycles. The van der Waals surface area contributed by atoms with Crippen LogP contribution in [0.4, 0.5) is 11.4 Å². The van der Waals surface area contributed by atoms with Crippen LogP contribution in [-0.4, -0.2) is 41.9 Å². The van der Waals surface area contributed by atoms with E-state index in [1.807, 2.05) is 23.1 Å². The zero-order valence-electron chi connectivity index (χ0n) is 18.4. The Bertz CT molecular complexity index is 890. The lowest BCUT2D eigenvalue weighted by atomic mass is 9.95. The molecule has 0 atom stereocenters. The number of hydrogen-bond acceptors (Lipinski definition) is 5. The van der Waals surface area contributed by atoms with Crippen LogP contribution < -0.4 is 10.2 Å². The number of carbonyl (C=O) groups excluding carboxylic acids is 1. The molecule has 0 saturated carbocycles. The average Bonchev–Trinajstić information content (AvgIpc) is 2.81. The van der Waals surface area contributed by atoms with Gasteiger partial charge in [0, 0.05) is 38.2 Å². The summed E-state index contributed by atoms with van der Waals surface area (Å²) in [4.78, 5) is 28.0. The number of nitro groups is 1. The standard InChI is InChI=1S/C24H32N4O3/c1-3-26(4-2)18-20-9-7-8-19(16-20)17-25-24(29)21-12-14-27(15-13-21)22-10-5-6-11-23(22)28(30)31/h5-11,16,21H,3-4,12-15,17-18H2,1-2H3,(H,25,29). The lowest BCUT2D eigenvalue weighted by molar-refractivity contribution is -0.384. The molecule has 0 unspecified atom stereocenters. The lowest BCUT2D eigenvalue weighted by Crippen LogP contribution is -2.40. The third-order valence-electron chi connectivity index (χ3n) is 6.04. The Morgan fingerprint density at radius 3 is 2.45 bits per heavy atom. The molecule has 2 aromatic carbocycles. The van der Waals surface area contributed by atoms with Crippen molar-refractivity contribution in [3.05, 3.63) is 69.8 Å². The molecular formula is C24H32N4O3. The molecule has 7 heteroatoms. The molecule has 2 aromatic rings. The second-order valence-electron chi connectivity index (χ2n) is 8.01. The van der Waals surface area contributed by atoms with Gasteiger partial charge in [0.05, 0.1) is 4.92 Å². The Morgan fingerprint density at radius 1 is 1.10 bits per heavy atom. The fourth-order valence-electron chi connectivity index (χ4n) is 4.15. The van der Waals surface area contributed by atoms with Gasteiger partial charge in [-0.2, -0.15) is 0 Å². The molecule has 1 amide bonds. The molecule has 1 fully saturated rings. The average molecular weight is 425 g/mol. The summed E-state index contributed by atoms with van der Waals surface area (Å²) in [6, 6.07) is 15.2. The fraction of sp³-hybridized carbons (Fsp3) is 0.458. The third kappa shape index (κ3) is 6.04. The SMILES string of the molecule is CCN(CC)Cc1cccc(CNC(=O)C2CCN(c3ccccc3[N+](=O)[O-])CC2)c1. The van der Waals surface area contributed by atoms with Crippen molar-refractivity contribution >= 4 is 17.3 Å². The van der Waals surface area contributed by atoms with Crippen molar-refractivity contribution in [2.75, 3.05) is 31.1 Å². The fourth-order valence-corrected chi connectivity index (χ4v) is 4.15. The molecule has 0 spiro atoms. The van der Waals surface area contributed by atoms with Gasteiger partial charge in [-0.15, -0.1) is 0 Å². The monoisotopic (exact) mass is 424 g/mol. The minimum Gasteiger partial charge on any atom is -0.366 e. The normalized spacial score (nSPS) is 14.6. The highest BCUT2D eigenvalue weighted by Crippen LogP contribution is 2.31. The quantitative estimate of drug-likeness (QED) is 0.487. The zero-order chi connectivity index (χ0) is 22.2. The largest absolute Gasteiger partial charge is 0.366 e. The van der Waals surface area contributed by atoms with Crippen molar-refractivity contribution in [3.63, 3.8) is 0 Å². The smallest absolute Gasteiger partial charge is 0.292 e. The number of nitrogens with zero attached hydrogens (tertiary/aromatic N) is 3. The van der Waals surface area contributed by atoms with Crippen molar-refractivity contribution in [2.24, 2.45) is 5.92 Å².